The molecule has 0 radical (unpaired) electrons. The van der Waals surface area contributed by atoms with E-state index in [-0.39, 0.29) is 17.9 Å². The Kier molecular flexibility index (Phi) is 7.12. The molecule has 36 heavy (non-hydrogen) atoms. The van der Waals surface area contributed by atoms with Gasteiger partial charge in [-0.05, 0) is 39.2 Å². The number of aromatic nitrogens is 2. The molecule has 1 N–H and O–H groups in total. The molecule has 1 fully saturated rings. The summed E-state index contributed by atoms with van der Waals surface area (Å²) < 4.78 is 12.8. The molecule has 0 spiro atoms. The van der Waals surface area contributed by atoms with Crippen molar-refractivity contribution in [3.8, 4) is 17.2 Å². The van der Waals surface area contributed by atoms with E-state index >= 15 is 0 Å². The zero-order chi connectivity index (χ0) is 26.0. The van der Waals surface area contributed by atoms with Crippen molar-refractivity contribution in [2.45, 2.75) is 13.0 Å². The molecule has 1 unspecified atom stereocenters. The van der Waals surface area contributed by atoms with Gasteiger partial charge in [-0.15, -0.1) is 0 Å². The van der Waals surface area contributed by atoms with Crippen LogP contribution in [-0.4, -0.2) is 77.8 Å². The van der Waals surface area contributed by atoms with Crippen LogP contribution >= 0.6 is 0 Å². The number of likely N-dealkylation sites (tertiary alicyclic amines) is 1. The zero-order valence-corrected chi connectivity index (χ0v) is 21.1. The fourth-order valence-electron chi connectivity index (χ4n) is 4.49. The van der Waals surface area contributed by atoms with Crippen molar-refractivity contribution in [2.24, 2.45) is 0 Å². The molecular formula is C27H30N4O5. The normalized spacial score (nSPS) is 17.2. The predicted molar refractivity (Wildman–Crippen MR) is 135 cm³/mol. The lowest BCUT2D eigenvalue weighted by atomic mass is 9.94. The van der Waals surface area contributed by atoms with Gasteiger partial charge in [-0.25, -0.2) is 4.68 Å². The van der Waals surface area contributed by atoms with Crippen LogP contribution in [0.15, 0.2) is 60.3 Å². The van der Waals surface area contributed by atoms with E-state index in [1.807, 2.05) is 49.3 Å². The second-order valence-corrected chi connectivity index (χ2v) is 8.77. The first-order valence-corrected chi connectivity index (χ1v) is 11.5. The van der Waals surface area contributed by atoms with Crippen molar-refractivity contribution in [1.29, 1.82) is 0 Å². The molecule has 9 heteroatoms. The van der Waals surface area contributed by atoms with Gasteiger partial charge >= 0.3 is 0 Å². The van der Waals surface area contributed by atoms with Crippen LogP contribution in [0.2, 0.25) is 0 Å². The molecule has 1 atom stereocenters. The third kappa shape index (κ3) is 4.33. The average Bonchev–Trinajstić information content (AvgIpc) is 3.39. The number of rotatable bonds is 8. The minimum absolute atomic E-state index is 0.0129. The van der Waals surface area contributed by atoms with Gasteiger partial charge in [0.25, 0.3) is 11.7 Å². The first-order chi connectivity index (χ1) is 17.3. The smallest absolute Gasteiger partial charge is 0.295 e. The highest BCUT2D eigenvalue weighted by atomic mass is 16.5. The number of aliphatic hydroxyl groups is 1. The molecule has 1 aliphatic rings. The number of nitrogens with zero attached hydrogens (tertiary/aromatic N) is 4. The Labute approximate surface area is 210 Å². The SMILES string of the molecule is COc1cccc(C2/C(=C(\O)c3cnn(-c4ccccc4)c3C)C(=O)C(=O)N2CCN(C)C)c1OC. The van der Waals surface area contributed by atoms with Crippen molar-refractivity contribution in [2.75, 3.05) is 41.4 Å². The number of carbonyl (C=O) groups is 2. The van der Waals surface area contributed by atoms with Gasteiger partial charge in [-0.2, -0.15) is 5.10 Å². The second kappa shape index (κ2) is 10.2. The Morgan fingerprint density at radius 3 is 2.42 bits per heavy atom. The summed E-state index contributed by atoms with van der Waals surface area (Å²) in [5.74, 6) is -0.866. The fourth-order valence-corrected chi connectivity index (χ4v) is 4.49. The second-order valence-electron chi connectivity index (χ2n) is 8.77. The molecular weight excluding hydrogens is 460 g/mol. The molecule has 1 aromatic heterocycles. The number of amides is 1. The average molecular weight is 491 g/mol. The van der Waals surface area contributed by atoms with Crippen molar-refractivity contribution >= 4 is 17.4 Å². The number of Topliss-reactive ketones (excluding diaryl/α,β-unsaturated/α-hetero) is 1. The maximum Gasteiger partial charge on any atom is 0.295 e. The zero-order valence-electron chi connectivity index (χ0n) is 21.1. The van der Waals surface area contributed by atoms with Gasteiger partial charge in [0.1, 0.15) is 5.76 Å². The van der Waals surface area contributed by atoms with Crippen LogP contribution in [0.1, 0.15) is 22.9 Å². The molecule has 188 valence electrons. The molecule has 4 rings (SSSR count). The van der Waals surface area contributed by atoms with Gasteiger partial charge in [0.05, 0.1) is 49.0 Å². The summed E-state index contributed by atoms with van der Waals surface area (Å²) in [6.45, 7) is 2.61. The molecule has 0 saturated carbocycles. The summed E-state index contributed by atoms with van der Waals surface area (Å²) >= 11 is 0. The molecule has 1 amide bonds. The number of aliphatic hydroxyl groups excluding tert-OH is 1. The first-order valence-electron chi connectivity index (χ1n) is 11.5. The maximum absolute atomic E-state index is 13.4. The van der Waals surface area contributed by atoms with E-state index in [2.05, 4.69) is 5.10 Å². The highest BCUT2D eigenvalue weighted by molar-refractivity contribution is 6.46. The molecule has 1 aliphatic heterocycles. The third-order valence-corrected chi connectivity index (χ3v) is 6.32. The van der Waals surface area contributed by atoms with Crippen molar-refractivity contribution < 1.29 is 24.2 Å². The number of likely N-dealkylation sites (N-methyl/N-ethyl adjacent to an activating group) is 1. The van der Waals surface area contributed by atoms with E-state index in [0.717, 1.165) is 5.69 Å². The summed E-state index contributed by atoms with van der Waals surface area (Å²) in [6, 6.07) is 13.9. The van der Waals surface area contributed by atoms with Crippen molar-refractivity contribution in [1.82, 2.24) is 19.6 Å². The Hall–Kier alpha value is -4.11. The number of para-hydroxylation sites is 2. The summed E-state index contributed by atoms with van der Waals surface area (Å²) in [5, 5.41) is 15.9. The molecule has 0 bridgehead atoms. The first kappa shape index (κ1) is 25.0. The van der Waals surface area contributed by atoms with E-state index in [9.17, 15) is 14.7 Å². The largest absolute Gasteiger partial charge is 0.507 e. The quantitative estimate of drug-likeness (QED) is 0.294. The highest BCUT2D eigenvalue weighted by Crippen LogP contribution is 2.45. The molecule has 3 aromatic rings. The van der Waals surface area contributed by atoms with E-state index in [4.69, 9.17) is 9.47 Å². The van der Waals surface area contributed by atoms with Crippen LogP contribution in [0.5, 0.6) is 11.5 Å². The predicted octanol–water partition coefficient (Wildman–Crippen LogP) is 3.18. The van der Waals surface area contributed by atoms with Crippen LogP contribution in [0.4, 0.5) is 0 Å². The molecule has 9 nitrogen and oxygen atoms in total. The van der Waals surface area contributed by atoms with Gasteiger partial charge in [-0.3, -0.25) is 9.59 Å². The lowest BCUT2D eigenvalue weighted by Gasteiger charge is -2.28. The van der Waals surface area contributed by atoms with E-state index in [0.29, 0.717) is 34.9 Å². The molecule has 1 saturated heterocycles. The van der Waals surface area contributed by atoms with E-state index < -0.39 is 17.7 Å². The number of ether oxygens (including phenoxy) is 2. The van der Waals surface area contributed by atoms with Gasteiger partial charge in [0, 0.05) is 18.7 Å². The number of hydrogen-bond acceptors (Lipinski definition) is 7. The lowest BCUT2D eigenvalue weighted by molar-refractivity contribution is -0.140. The van der Waals surface area contributed by atoms with Gasteiger partial charge in [0.2, 0.25) is 0 Å². The number of ketones is 1. The van der Waals surface area contributed by atoms with E-state index in [1.54, 1.807) is 29.8 Å². The Morgan fingerprint density at radius 2 is 1.78 bits per heavy atom. The van der Waals surface area contributed by atoms with Gasteiger partial charge < -0.3 is 24.4 Å². The number of methoxy groups -OCH3 is 2. The summed E-state index contributed by atoms with van der Waals surface area (Å²) in [4.78, 5) is 30.0. The lowest BCUT2D eigenvalue weighted by Crippen LogP contribution is -2.35. The van der Waals surface area contributed by atoms with Gasteiger partial charge in [-0.1, -0.05) is 30.3 Å². The number of carbonyl (C=O) groups excluding carboxylic acids is 2. The van der Waals surface area contributed by atoms with Crippen molar-refractivity contribution in [3.63, 3.8) is 0 Å². The minimum atomic E-state index is -0.866. The summed E-state index contributed by atoms with van der Waals surface area (Å²) in [5.41, 5.74) is 2.35. The highest BCUT2D eigenvalue weighted by Gasteiger charge is 2.47. The fraction of sp³-hybridized carbons (Fsp3) is 0.296. The van der Waals surface area contributed by atoms with Crippen LogP contribution in [0.25, 0.3) is 11.4 Å². The van der Waals surface area contributed by atoms with E-state index in [1.165, 1.54) is 25.3 Å². The standard InChI is InChI=1S/C27H30N4O5/c1-17-20(16-28-31(17)18-10-7-6-8-11-18)24(32)22-23(19-12-9-13-21(35-4)26(19)36-5)30(15-14-29(2)3)27(34)25(22)33/h6-13,16,23,32H,14-15H2,1-5H3/b24-22+. The summed E-state index contributed by atoms with van der Waals surface area (Å²) in [6.07, 6.45) is 1.50. The summed E-state index contributed by atoms with van der Waals surface area (Å²) in [7, 11) is 6.80. The Morgan fingerprint density at radius 1 is 1.06 bits per heavy atom. The molecule has 2 aromatic carbocycles. The van der Waals surface area contributed by atoms with Crippen LogP contribution in [0, 0.1) is 6.92 Å². The van der Waals surface area contributed by atoms with Gasteiger partial charge in [0.15, 0.2) is 11.5 Å². The monoisotopic (exact) mass is 490 g/mol. The Balaban J connectivity index is 1.91. The third-order valence-electron chi connectivity index (χ3n) is 6.32. The Bertz CT molecular complexity index is 1310. The van der Waals surface area contributed by atoms with Crippen LogP contribution < -0.4 is 9.47 Å². The number of benzene rings is 2. The topological polar surface area (TPSA) is 97.1 Å². The maximum atomic E-state index is 13.4. The molecule has 0 aliphatic carbocycles. The van der Waals surface area contributed by atoms with Crippen molar-refractivity contribution in [3.05, 3.63) is 77.1 Å². The molecule has 2 heterocycles. The minimum Gasteiger partial charge on any atom is -0.507 e. The number of hydrogen-bond donors (Lipinski definition) is 1. The van der Waals surface area contributed by atoms with Crippen LogP contribution in [-0.2, 0) is 9.59 Å². The van der Waals surface area contributed by atoms with Crippen LogP contribution in [0.3, 0.4) is 0 Å².